The van der Waals surface area contributed by atoms with E-state index in [1.165, 1.54) is 19.2 Å². The van der Waals surface area contributed by atoms with Crippen LogP contribution in [0.2, 0.25) is 0 Å². The molecule has 0 saturated carbocycles. The lowest BCUT2D eigenvalue weighted by Crippen LogP contribution is -2.05. The van der Waals surface area contributed by atoms with Crippen molar-refractivity contribution < 1.29 is 18.3 Å². The predicted molar refractivity (Wildman–Crippen MR) is 87.7 cm³/mol. The largest absolute Gasteiger partial charge is 0.496 e. The molecule has 0 spiro atoms. The van der Waals surface area contributed by atoms with Gasteiger partial charge in [-0.25, -0.2) is 4.39 Å². The summed E-state index contributed by atoms with van der Waals surface area (Å²) in [5, 5.41) is 8.13. The average molecular weight is 344 g/mol. The van der Waals surface area contributed by atoms with E-state index in [9.17, 15) is 9.18 Å². The van der Waals surface area contributed by atoms with Crippen LogP contribution in [0.15, 0.2) is 58.2 Å². The molecule has 0 saturated heterocycles. The van der Waals surface area contributed by atoms with Gasteiger partial charge in [-0.3, -0.25) is 4.79 Å². The van der Waals surface area contributed by atoms with Crippen molar-refractivity contribution >= 4 is 17.5 Å². The van der Waals surface area contributed by atoms with Crippen molar-refractivity contribution in [2.75, 3.05) is 12.9 Å². The van der Waals surface area contributed by atoms with Crippen molar-refractivity contribution in [3.05, 3.63) is 59.9 Å². The van der Waals surface area contributed by atoms with Gasteiger partial charge in [-0.15, -0.1) is 10.2 Å². The van der Waals surface area contributed by atoms with Crippen molar-refractivity contribution in [1.29, 1.82) is 0 Å². The molecule has 3 rings (SSSR count). The maximum Gasteiger partial charge on any atom is 0.277 e. The highest BCUT2D eigenvalue weighted by Crippen LogP contribution is 2.26. The van der Waals surface area contributed by atoms with E-state index in [0.717, 1.165) is 23.4 Å². The predicted octanol–water partition coefficient (Wildman–Crippen LogP) is 3.86. The van der Waals surface area contributed by atoms with Gasteiger partial charge in [-0.05, 0) is 30.3 Å². The Morgan fingerprint density at radius 3 is 2.75 bits per heavy atom. The Morgan fingerprint density at radius 2 is 2.00 bits per heavy atom. The third-order valence-electron chi connectivity index (χ3n) is 3.22. The van der Waals surface area contributed by atoms with E-state index in [1.54, 1.807) is 0 Å². The van der Waals surface area contributed by atoms with Crippen LogP contribution in [0.3, 0.4) is 0 Å². The quantitative estimate of drug-likeness (QED) is 0.500. The Bertz CT molecular complexity index is 852. The summed E-state index contributed by atoms with van der Waals surface area (Å²) in [6.07, 6.45) is 0. The molecule has 0 fully saturated rings. The van der Waals surface area contributed by atoms with Crippen LogP contribution in [0, 0.1) is 5.82 Å². The van der Waals surface area contributed by atoms with Crippen LogP contribution < -0.4 is 4.74 Å². The second kappa shape index (κ2) is 7.27. The molecule has 2 aromatic carbocycles. The van der Waals surface area contributed by atoms with Gasteiger partial charge < -0.3 is 9.15 Å². The minimum atomic E-state index is -0.492. The van der Waals surface area contributed by atoms with E-state index in [-0.39, 0.29) is 22.3 Å². The summed E-state index contributed by atoms with van der Waals surface area (Å²) in [6, 6.07) is 13.2. The second-order valence-corrected chi connectivity index (χ2v) is 5.72. The van der Waals surface area contributed by atoms with Crippen LogP contribution in [-0.2, 0) is 0 Å². The van der Waals surface area contributed by atoms with Gasteiger partial charge in [0.2, 0.25) is 5.89 Å². The number of methoxy groups -OCH3 is 1. The van der Waals surface area contributed by atoms with Crippen molar-refractivity contribution in [3.63, 3.8) is 0 Å². The van der Waals surface area contributed by atoms with Gasteiger partial charge in [-0.2, -0.15) is 0 Å². The number of Topliss-reactive ketones (excluding diaryl/α,β-unsaturated/α-hetero) is 1. The number of halogens is 1. The van der Waals surface area contributed by atoms with Crippen LogP contribution in [-0.4, -0.2) is 28.8 Å². The zero-order valence-electron chi connectivity index (χ0n) is 12.7. The van der Waals surface area contributed by atoms with Crippen LogP contribution in [0.1, 0.15) is 10.4 Å². The number of hydrogen-bond donors (Lipinski definition) is 0. The highest BCUT2D eigenvalue weighted by atomic mass is 32.2. The van der Waals surface area contributed by atoms with Crippen LogP contribution in [0.4, 0.5) is 4.39 Å². The molecule has 0 radical (unpaired) electrons. The number of thioether (sulfide) groups is 1. The molecule has 5 nitrogen and oxygen atoms in total. The first-order valence-corrected chi connectivity index (χ1v) is 8.04. The number of carbonyl (C=O) groups is 1. The molecule has 0 aliphatic carbocycles. The Hall–Kier alpha value is -2.67. The number of ether oxygens (including phenoxy) is 1. The minimum Gasteiger partial charge on any atom is -0.496 e. The Kier molecular flexibility index (Phi) is 4.90. The van der Waals surface area contributed by atoms with Gasteiger partial charge in [0.25, 0.3) is 5.22 Å². The molecule has 0 bridgehead atoms. The smallest absolute Gasteiger partial charge is 0.277 e. The topological polar surface area (TPSA) is 65.2 Å². The van der Waals surface area contributed by atoms with E-state index >= 15 is 0 Å². The van der Waals surface area contributed by atoms with Crippen molar-refractivity contribution in [1.82, 2.24) is 10.2 Å². The lowest BCUT2D eigenvalue weighted by Gasteiger charge is -2.06. The molecule has 0 aliphatic rings. The molecule has 0 unspecified atom stereocenters. The van der Waals surface area contributed by atoms with Crippen molar-refractivity contribution in [3.8, 4) is 17.2 Å². The molecule has 1 aromatic heterocycles. The molecule has 0 N–H and O–H groups in total. The fraction of sp³-hybridized carbons (Fsp3) is 0.118. The number of ketones is 1. The van der Waals surface area contributed by atoms with Gasteiger partial charge in [0, 0.05) is 5.56 Å². The normalized spacial score (nSPS) is 10.6. The third-order valence-corrected chi connectivity index (χ3v) is 4.03. The summed E-state index contributed by atoms with van der Waals surface area (Å²) in [5.74, 6) is -0.0218. The molecule has 24 heavy (non-hydrogen) atoms. The maximum atomic E-state index is 13.3. The van der Waals surface area contributed by atoms with Crippen LogP contribution in [0.5, 0.6) is 5.75 Å². The molecule has 0 amide bonds. The summed E-state index contributed by atoms with van der Waals surface area (Å²) < 4.78 is 23.9. The number of benzene rings is 2. The summed E-state index contributed by atoms with van der Waals surface area (Å²) in [6.45, 7) is 0. The SMILES string of the molecule is COc1ccc(F)cc1C(=O)CSc1nnc(-c2ccccc2)o1. The maximum absolute atomic E-state index is 13.3. The average Bonchev–Trinajstić information content (AvgIpc) is 3.09. The summed E-state index contributed by atoms with van der Waals surface area (Å²) in [5.41, 5.74) is 0.989. The zero-order valence-corrected chi connectivity index (χ0v) is 13.5. The van der Waals surface area contributed by atoms with E-state index in [2.05, 4.69) is 10.2 Å². The Balaban J connectivity index is 1.69. The Labute approximate surface area is 141 Å². The standard InChI is InChI=1S/C17H13FN2O3S/c1-22-15-8-7-12(18)9-13(15)14(21)10-24-17-20-19-16(23-17)11-5-3-2-4-6-11/h2-9H,10H2,1H3. The number of rotatable bonds is 6. The highest BCUT2D eigenvalue weighted by molar-refractivity contribution is 7.99. The summed E-state index contributed by atoms with van der Waals surface area (Å²) in [4.78, 5) is 12.3. The number of nitrogens with zero attached hydrogens (tertiary/aromatic N) is 2. The third kappa shape index (κ3) is 3.62. The molecule has 0 aliphatic heterocycles. The lowest BCUT2D eigenvalue weighted by atomic mass is 10.1. The van der Waals surface area contributed by atoms with Gasteiger partial charge in [-0.1, -0.05) is 30.0 Å². The fourth-order valence-electron chi connectivity index (χ4n) is 2.07. The van der Waals surface area contributed by atoms with Gasteiger partial charge >= 0.3 is 0 Å². The minimum absolute atomic E-state index is 0.0379. The van der Waals surface area contributed by atoms with Crippen molar-refractivity contribution in [2.45, 2.75) is 5.22 Å². The number of hydrogen-bond acceptors (Lipinski definition) is 6. The molecule has 0 atom stereocenters. The zero-order chi connectivity index (χ0) is 16.9. The highest BCUT2D eigenvalue weighted by Gasteiger charge is 2.16. The van der Waals surface area contributed by atoms with Crippen LogP contribution >= 0.6 is 11.8 Å². The van der Waals surface area contributed by atoms with E-state index in [0.29, 0.717) is 11.6 Å². The first-order valence-electron chi connectivity index (χ1n) is 7.06. The first-order chi connectivity index (χ1) is 11.7. The van der Waals surface area contributed by atoms with Gasteiger partial charge in [0.15, 0.2) is 5.78 Å². The molecular weight excluding hydrogens is 331 g/mol. The number of aromatic nitrogens is 2. The first kappa shape index (κ1) is 16.2. The lowest BCUT2D eigenvalue weighted by molar-refractivity contribution is 0.101. The van der Waals surface area contributed by atoms with E-state index in [1.807, 2.05) is 30.3 Å². The molecule has 122 valence electrons. The summed E-state index contributed by atoms with van der Waals surface area (Å²) in [7, 11) is 1.43. The van der Waals surface area contributed by atoms with E-state index in [4.69, 9.17) is 9.15 Å². The monoisotopic (exact) mass is 344 g/mol. The van der Waals surface area contributed by atoms with Gasteiger partial charge in [0.1, 0.15) is 11.6 Å². The van der Waals surface area contributed by atoms with Crippen molar-refractivity contribution in [2.24, 2.45) is 0 Å². The summed E-state index contributed by atoms with van der Waals surface area (Å²) >= 11 is 1.10. The van der Waals surface area contributed by atoms with E-state index < -0.39 is 5.82 Å². The molecule has 3 aromatic rings. The number of carbonyl (C=O) groups excluding carboxylic acids is 1. The Morgan fingerprint density at radius 1 is 1.21 bits per heavy atom. The fourth-order valence-corrected chi connectivity index (χ4v) is 2.72. The second-order valence-electron chi connectivity index (χ2n) is 4.80. The van der Waals surface area contributed by atoms with Gasteiger partial charge in [0.05, 0.1) is 18.4 Å². The molecule has 1 heterocycles. The molecular formula is C17H13FN2O3S. The van der Waals surface area contributed by atoms with Crippen LogP contribution in [0.25, 0.3) is 11.5 Å². The molecule has 7 heteroatoms.